The Morgan fingerprint density at radius 2 is 2.10 bits per heavy atom. The predicted octanol–water partition coefficient (Wildman–Crippen LogP) is 3.99. The molecule has 0 amide bonds. The molecule has 0 aliphatic heterocycles. The first-order valence-corrected chi connectivity index (χ1v) is 7.99. The molecule has 0 fully saturated rings. The van der Waals surface area contributed by atoms with E-state index in [1.54, 1.807) is 18.4 Å². The summed E-state index contributed by atoms with van der Waals surface area (Å²) in [5.41, 5.74) is 6.97. The minimum Gasteiger partial charge on any atom is -0.497 e. The Bertz CT molecular complexity index is 569. The van der Waals surface area contributed by atoms with E-state index in [0.29, 0.717) is 6.61 Å². The first kappa shape index (κ1) is 15.4. The largest absolute Gasteiger partial charge is 0.497 e. The van der Waals surface area contributed by atoms with Crippen LogP contribution in [-0.2, 0) is 13.0 Å². The van der Waals surface area contributed by atoms with E-state index in [-0.39, 0.29) is 6.04 Å². The van der Waals surface area contributed by atoms with E-state index in [9.17, 15) is 0 Å². The van der Waals surface area contributed by atoms with Crippen molar-refractivity contribution in [1.29, 1.82) is 0 Å². The fourth-order valence-corrected chi connectivity index (χ4v) is 3.30. The Hall–Kier alpha value is -1.04. The van der Waals surface area contributed by atoms with E-state index in [1.165, 1.54) is 4.88 Å². The van der Waals surface area contributed by atoms with Gasteiger partial charge in [0.1, 0.15) is 18.1 Å². The number of halogens is 1. The van der Waals surface area contributed by atoms with Gasteiger partial charge in [0.2, 0.25) is 0 Å². The molecule has 0 radical (unpaired) electrons. The lowest BCUT2D eigenvalue weighted by Crippen LogP contribution is -2.18. The second kappa shape index (κ2) is 7.11. The zero-order valence-electron chi connectivity index (χ0n) is 11.6. The number of rotatable bonds is 6. The third kappa shape index (κ3) is 4.23. The van der Waals surface area contributed by atoms with Crippen LogP contribution in [-0.4, -0.2) is 13.2 Å². The molecule has 5 heteroatoms. The van der Waals surface area contributed by atoms with Gasteiger partial charge >= 0.3 is 0 Å². The molecule has 0 aliphatic carbocycles. The van der Waals surface area contributed by atoms with Gasteiger partial charge in [0.25, 0.3) is 0 Å². The number of thiophene rings is 1. The highest BCUT2D eigenvalue weighted by Crippen LogP contribution is 2.28. The Labute approximate surface area is 131 Å². The Morgan fingerprint density at radius 3 is 2.70 bits per heavy atom. The number of hydrogen-bond acceptors (Lipinski definition) is 4. The van der Waals surface area contributed by atoms with E-state index >= 15 is 0 Å². The van der Waals surface area contributed by atoms with Crippen molar-refractivity contribution >= 4 is 27.3 Å². The van der Waals surface area contributed by atoms with Gasteiger partial charge in [0.05, 0.1) is 10.9 Å². The molecule has 1 heterocycles. The number of nitrogens with two attached hydrogens (primary N) is 1. The van der Waals surface area contributed by atoms with Crippen molar-refractivity contribution in [3.63, 3.8) is 0 Å². The van der Waals surface area contributed by atoms with E-state index in [1.807, 2.05) is 31.2 Å². The van der Waals surface area contributed by atoms with E-state index in [4.69, 9.17) is 15.2 Å². The molecule has 0 saturated carbocycles. The van der Waals surface area contributed by atoms with Crippen LogP contribution in [0.3, 0.4) is 0 Å². The van der Waals surface area contributed by atoms with Gasteiger partial charge in [0.15, 0.2) is 0 Å². The number of hydrogen-bond donors (Lipinski definition) is 1. The quantitative estimate of drug-likeness (QED) is 0.851. The summed E-state index contributed by atoms with van der Waals surface area (Å²) in [5, 5.41) is 0. The fourth-order valence-electron chi connectivity index (χ4n) is 1.91. The third-order valence-corrected chi connectivity index (χ3v) is 4.41. The molecule has 1 atom stereocenters. The van der Waals surface area contributed by atoms with Gasteiger partial charge < -0.3 is 15.2 Å². The summed E-state index contributed by atoms with van der Waals surface area (Å²) >= 11 is 5.13. The average molecular weight is 356 g/mol. The van der Waals surface area contributed by atoms with Crippen molar-refractivity contribution in [3.8, 4) is 11.5 Å². The number of benzene rings is 1. The molecular weight excluding hydrogens is 338 g/mol. The minimum atomic E-state index is 0.0836. The summed E-state index contributed by atoms with van der Waals surface area (Å²) in [6.07, 6.45) is 0.765. The first-order chi connectivity index (χ1) is 9.58. The van der Waals surface area contributed by atoms with Gasteiger partial charge in [0, 0.05) is 10.9 Å². The second-order valence-electron chi connectivity index (χ2n) is 4.65. The molecule has 0 saturated heterocycles. The molecule has 0 aliphatic rings. The van der Waals surface area contributed by atoms with Crippen LogP contribution in [0.1, 0.15) is 17.4 Å². The Balaban J connectivity index is 2.12. The molecule has 2 aromatic rings. The van der Waals surface area contributed by atoms with Crippen LogP contribution in [0.25, 0.3) is 0 Å². The molecule has 1 aromatic heterocycles. The van der Waals surface area contributed by atoms with E-state index in [0.717, 1.165) is 27.3 Å². The lowest BCUT2D eigenvalue weighted by Gasteiger charge is -2.14. The third-order valence-electron chi connectivity index (χ3n) is 2.81. The molecule has 2 rings (SSSR count). The fraction of sp³-hybridized carbons (Fsp3) is 0.333. The van der Waals surface area contributed by atoms with Crippen molar-refractivity contribution in [1.82, 2.24) is 0 Å². The highest BCUT2D eigenvalue weighted by molar-refractivity contribution is 9.11. The molecule has 1 aromatic carbocycles. The lowest BCUT2D eigenvalue weighted by molar-refractivity contribution is 0.305. The van der Waals surface area contributed by atoms with Gasteiger partial charge in [-0.25, -0.2) is 0 Å². The highest BCUT2D eigenvalue weighted by atomic mass is 79.9. The smallest absolute Gasteiger partial charge is 0.123 e. The topological polar surface area (TPSA) is 44.5 Å². The van der Waals surface area contributed by atoms with Gasteiger partial charge in [-0.05, 0) is 65.2 Å². The summed E-state index contributed by atoms with van der Waals surface area (Å²) < 4.78 is 12.3. The standard InChI is InChI=1S/C15H18BrNO2S/c1-10(17)7-11-8-12(18-2)3-5-14(11)19-9-13-4-6-15(16)20-13/h3-6,8,10H,7,9,17H2,1-2H3. The number of ether oxygens (including phenoxy) is 2. The monoisotopic (exact) mass is 355 g/mol. The normalized spacial score (nSPS) is 12.2. The molecule has 0 spiro atoms. The van der Waals surface area contributed by atoms with Gasteiger partial charge in [-0.15, -0.1) is 11.3 Å². The molecule has 2 N–H and O–H groups in total. The highest BCUT2D eigenvalue weighted by Gasteiger charge is 2.09. The van der Waals surface area contributed by atoms with Gasteiger partial charge in [-0.3, -0.25) is 0 Å². The van der Waals surface area contributed by atoms with Gasteiger partial charge in [-0.1, -0.05) is 0 Å². The number of methoxy groups -OCH3 is 1. The summed E-state index contributed by atoms with van der Waals surface area (Å²) in [7, 11) is 1.66. The van der Waals surface area contributed by atoms with Crippen molar-refractivity contribution in [2.24, 2.45) is 5.73 Å². The second-order valence-corrected chi connectivity index (χ2v) is 7.20. The summed E-state index contributed by atoms with van der Waals surface area (Å²) in [6, 6.07) is 10.0. The lowest BCUT2D eigenvalue weighted by atomic mass is 10.1. The van der Waals surface area contributed by atoms with E-state index in [2.05, 4.69) is 22.0 Å². The molecule has 1 unspecified atom stereocenters. The minimum absolute atomic E-state index is 0.0836. The van der Waals surface area contributed by atoms with E-state index < -0.39 is 0 Å². The van der Waals surface area contributed by atoms with Crippen molar-refractivity contribution < 1.29 is 9.47 Å². The van der Waals surface area contributed by atoms with Gasteiger partial charge in [-0.2, -0.15) is 0 Å². The van der Waals surface area contributed by atoms with Crippen LogP contribution in [0.4, 0.5) is 0 Å². The van der Waals surface area contributed by atoms with Crippen LogP contribution in [0, 0.1) is 0 Å². The maximum Gasteiger partial charge on any atom is 0.123 e. The summed E-state index contributed by atoms with van der Waals surface area (Å²) in [6.45, 7) is 2.55. The molecule has 0 bridgehead atoms. The van der Waals surface area contributed by atoms with Crippen molar-refractivity contribution in [3.05, 3.63) is 44.6 Å². The van der Waals surface area contributed by atoms with Crippen LogP contribution < -0.4 is 15.2 Å². The summed E-state index contributed by atoms with van der Waals surface area (Å²) in [4.78, 5) is 1.18. The van der Waals surface area contributed by atoms with Crippen molar-refractivity contribution in [2.75, 3.05) is 7.11 Å². The predicted molar refractivity (Wildman–Crippen MR) is 86.7 cm³/mol. The van der Waals surface area contributed by atoms with Crippen molar-refractivity contribution in [2.45, 2.75) is 26.0 Å². The Morgan fingerprint density at radius 1 is 1.30 bits per heavy atom. The first-order valence-electron chi connectivity index (χ1n) is 6.38. The SMILES string of the molecule is COc1ccc(OCc2ccc(Br)s2)c(CC(C)N)c1. The zero-order chi connectivity index (χ0) is 14.5. The maximum absolute atomic E-state index is 5.92. The molecule has 3 nitrogen and oxygen atoms in total. The molecular formula is C15H18BrNO2S. The van der Waals surface area contributed by atoms with Crippen LogP contribution in [0.2, 0.25) is 0 Å². The average Bonchev–Trinajstić information content (AvgIpc) is 2.82. The molecule has 108 valence electrons. The molecule has 20 heavy (non-hydrogen) atoms. The van der Waals surface area contributed by atoms with Crippen LogP contribution in [0.15, 0.2) is 34.1 Å². The Kier molecular flexibility index (Phi) is 5.46. The van der Waals surface area contributed by atoms with Crippen LogP contribution in [0.5, 0.6) is 11.5 Å². The maximum atomic E-state index is 5.92. The zero-order valence-corrected chi connectivity index (χ0v) is 14.0. The summed E-state index contributed by atoms with van der Waals surface area (Å²) in [5.74, 6) is 1.69. The van der Waals surface area contributed by atoms with Crippen LogP contribution >= 0.6 is 27.3 Å².